The minimum absolute atomic E-state index is 0. The number of hydrogen-bond acceptors (Lipinski definition) is 2. The maximum Gasteiger partial charge on any atom is 0.0264 e. The molecule has 4 unspecified atom stereocenters. The van der Waals surface area contributed by atoms with E-state index in [9.17, 15) is 0 Å². The summed E-state index contributed by atoms with van der Waals surface area (Å²) in [5, 5.41) is 7.36. The van der Waals surface area contributed by atoms with Crippen LogP contribution in [0.3, 0.4) is 0 Å². The highest BCUT2D eigenvalue weighted by Crippen LogP contribution is 2.37. The average molecular weight is 225 g/mol. The first kappa shape index (κ1) is 11.6. The maximum absolute atomic E-state index is 3.71. The van der Waals surface area contributed by atoms with Crippen molar-refractivity contribution in [3.05, 3.63) is 0 Å². The van der Waals surface area contributed by atoms with Crippen molar-refractivity contribution >= 4 is 24.8 Å². The zero-order chi connectivity index (χ0) is 7.26. The van der Waals surface area contributed by atoms with Gasteiger partial charge in [-0.25, -0.2) is 0 Å². The summed E-state index contributed by atoms with van der Waals surface area (Å²) in [6.45, 7) is 1.26. The molecule has 2 N–H and O–H groups in total. The number of hydrogen-bond donors (Lipinski definition) is 2. The molecule has 0 aromatic heterocycles. The third-order valence-electron chi connectivity index (χ3n) is 3.72. The van der Waals surface area contributed by atoms with E-state index in [4.69, 9.17) is 0 Å². The molecule has 78 valence electrons. The molecule has 3 aliphatic rings. The molecule has 4 heteroatoms. The summed E-state index contributed by atoms with van der Waals surface area (Å²) in [4.78, 5) is 0. The lowest BCUT2D eigenvalue weighted by molar-refractivity contribution is 0.248. The number of rotatable bonds is 0. The van der Waals surface area contributed by atoms with Gasteiger partial charge in [-0.15, -0.1) is 24.8 Å². The number of nitrogens with one attached hydrogen (secondary N) is 2. The van der Waals surface area contributed by atoms with Crippen LogP contribution in [0.15, 0.2) is 0 Å². The molecule has 3 aliphatic heterocycles. The Hall–Kier alpha value is 0.500. The van der Waals surface area contributed by atoms with E-state index in [0.717, 1.165) is 24.0 Å². The van der Waals surface area contributed by atoms with Gasteiger partial charge in [0.05, 0.1) is 0 Å². The molecule has 0 amide bonds. The van der Waals surface area contributed by atoms with Crippen molar-refractivity contribution in [2.24, 2.45) is 5.92 Å². The maximum atomic E-state index is 3.71. The molecule has 0 aromatic carbocycles. The van der Waals surface area contributed by atoms with Crippen LogP contribution >= 0.6 is 24.8 Å². The molecule has 4 atom stereocenters. The zero-order valence-electron chi connectivity index (χ0n) is 7.66. The Balaban J connectivity index is 0.000000422. The molecule has 3 heterocycles. The monoisotopic (exact) mass is 224 g/mol. The van der Waals surface area contributed by atoms with E-state index in [1.54, 1.807) is 0 Å². The molecule has 3 saturated heterocycles. The molecule has 13 heavy (non-hydrogen) atoms. The third-order valence-corrected chi connectivity index (χ3v) is 3.72. The van der Waals surface area contributed by atoms with Crippen LogP contribution in [0, 0.1) is 5.92 Å². The van der Waals surface area contributed by atoms with Gasteiger partial charge in [-0.05, 0) is 38.1 Å². The summed E-state index contributed by atoms with van der Waals surface area (Å²) in [5.41, 5.74) is 0. The van der Waals surface area contributed by atoms with E-state index in [2.05, 4.69) is 10.6 Å². The van der Waals surface area contributed by atoms with Crippen molar-refractivity contribution in [2.75, 3.05) is 6.54 Å². The highest BCUT2D eigenvalue weighted by Gasteiger charge is 2.47. The Morgan fingerprint density at radius 1 is 0.923 bits per heavy atom. The minimum atomic E-state index is 0. The molecule has 0 spiro atoms. The quantitative estimate of drug-likeness (QED) is 0.650. The molecule has 3 rings (SSSR count). The Bertz CT molecular complexity index is 159. The summed E-state index contributed by atoms with van der Waals surface area (Å²) in [7, 11) is 0. The first-order valence-electron chi connectivity index (χ1n) is 4.94. The standard InChI is InChI=1S/C9H16N2.2ClH/c1-2-6-7-3-4-8(11-7)9(6)10-5-1;;/h6-11H,1-5H2;2*1H. The minimum Gasteiger partial charge on any atom is -0.312 e. The van der Waals surface area contributed by atoms with Crippen LogP contribution in [0.4, 0.5) is 0 Å². The molecule has 3 fully saturated rings. The smallest absolute Gasteiger partial charge is 0.0264 e. The van der Waals surface area contributed by atoms with Gasteiger partial charge in [0.15, 0.2) is 0 Å². The van der Waals surface area contributed by atoms with Gasteiger partial charge in [0.25, 0.3) is 0 Å². The van der Waals surface area contributed by atoms with E-state index in [1.165, 1.54) is 32.2 Å². The zero-order valence-corrected chi connectivity index (χ0v) is 9.29. The highest BCUT2D eigenvalue weighted by atomic mass is 35.5. The van der Waals surface area contributed by atoms with Gasteiger partial charge in [0.1, 0.15) is 0 Å². The second-order valence-electron chi connectivity index (χ2n) is 4.24. The fourth-order valence-electron chi connectivity index (χ4n) is 3.25. The van der Waals surface area contributed by atoms with E-state index in [1.807, 2.05) is 0 Å². The normalized spacial score (nSPS) is 46.2. The fourth-order valence-corrected chi connectivity index (χ4v) is 3.25. The van der Waals surface area contributed by atoms with Crippen LogP contribution in [-0.4, -0.2) is 24.7 Å². The Labute approximate surface area is 92.0 Å². The summed E-state index contributed by atoms with van der Waals surface area (Å²) >= 11 is 0. The van der Waals surface area contributed by atoms with Crippen molar-refractivity contribution in [2.45, 2.75) is 43.8 Å². The highest BCUT2D eigenvalue weighted by molar-refractivity contribution is 5.85. The molecule has 0 saturated carbocycles. The Morgan fingerprint density at radius 2 is 1.69 bits per heavy atom. The Kier molecular flexibility index (Phi) is 3.87. The predicted octanol–water partition coefficient (Wildman–Crippen LogP) is 1.33. The summed E-state index contributed by atoms with van der Waals surface area (Å²) < 4.78 is 0. The topological polar surface area (TPSA) is 24.1 Å². The molecule has 0 aliphatic carbocycles. The van der Waals surface area contributed by atoms with Gasteiger partial charge < -0.3 is 10.6 Å². The van der Waals surface area contributed by atoms with E-state index >= 15 is 0 Å². The van der Waals surface area contributed by atoms with Crippen LogP contribution in [0.2, 0.25) is 0 Å². The lowest BCUT2D eigenvalue weighted by Gasteiger charge is -2.34. The lowest BCUT2D eigenvalue weighted by Crippen LogP contribution is -2.47. The van der Waals surface area contributed by atoms with Gasteiger partial charge in [-0.3, -0.25) is 0 Å². The summed E-state index contributed by atoms with van der Waals surface area (Å²) in [6, 6.07) is 2.53. The second-order valence-corrected chi connectivity index (χ2v) is 4.24. The third kappa shape index (κ3) is 1.70. The number of halogens is 2. The molecule has 0 radical (unpaired) electrons. The fraction of sp³-hybridized carbons (Fsp3) is 1.00. The number of piperidine rings is 1. The van der Waals surface area contributed by atoms with Crippen molar-refractivity contribution in [1.29, 1.82) is 0 Å². The van der Waals surface area contributed by atoms with Gasteiger partial charge >= 0.3 is 0 Å². The van der Waals surface area contributed by atoms with Crippen molar-refractivity contribution in [3.63, 3.8) is 0 Å². The van der Waals surface area contributed by atoms with Crippen molar-refractivity contribution in [3.8, 4) is 0 Å². The van der Waals surface area contributed by atoms with Crippen LogP contribution in [-0.2, 0) is 0 Å². The average Bonchev–Trinajstić information content (AvgIpc) is 2.64. The van der Waals surface area contributed by atoms with Gasteiger partial charge in [-0.2, -0.15) is 0 Å². The molecular weight excluding hydrogens is 207 g/mol. The number of fused-ring (bicyclic) bond motifs is 5. The van der Waals surface area contributed by atoms with Gasteiger partial charge in [0.2, 0.25) is 0 Å². The molecule has 2 nitrogen and oxygen atoms in total. The van der Waals surface area contributed by atoms with Gasteiger partial charge in [-0.1, -0.05) is 0 Å². The second kappa shape index (κ2) is 4.35. The molecule has 0 aromatic rings. The predicted molar refractivity (Wildman–Crippen MR) is 59.0 cm³/mol. The lowest BCUT2D eigenvalue weighted by atomic mass is 9.79. The molecule has 2 bridgehead atoms. The van der Waals surface area contributed by atoms with Crippen molar-refractivity contribution < 1.29 is 0 Å². The van der Waals surface area contributed by atoms with E-state index < -0.39 is 0 Å². The van der Waals surface area contributed by atoms with Gasteiger partial charge in [0, 0.05) is 18.1 Å². The first-order valence-corrected chi connectivity index (χ1v) is 4.94. The van der Waals surface area contributed by atoms with Crippen LogP contribution in [0.25, 0.3) is 0 Å². The first-order chi connectivity index (χ1) is 5.45. The van der Waals surface area contributed by atoms with Crippen LogP contribution in [0.1, 0.15) is 25.7 Å². The summed E-state index contributed by atoms with van der Waals surface area (Å²) in [6.07, 6.45) is 5.71. The Morgan fingerprint density at radius 3 is 2.46 bits per heavy atom. The largest absolute Gasteiger partial charge is 0.312 e. The van der Waals surface area contributed by atoms with E-state index in [0.29, 0.717) is 0 Å². The summed E-state index contributed by atoms with van der Waals surface area (Å²) in [5.74, 6) is 0.975. The van der Waals surface area contributed by atoms with Crippen LogP contribution < -0.4 is 10.6 Å². The molecular formula is C9H18Cl2N2. The SMILES string of the molecule is C1CNC2C3CCC(N3)C2C1.Cl.Cl. The van der Waals surface area contributed by atoms with Crippen LogP contribution in [0.5, 0.6) is 0 Å². The van der Waals surface area contributed by atoms with E-state index in [-0.39, 0.29) is 24.8 Å². The van der Waals surface area contributed by atoms with Crippen molar-refractivity contribution in [1.82, 2.24) is 10.6 Å².